The number of para-hydroxylation sites is 3. The quantitative estimate of drug-likeness (QED) is 0.174. The first-order valence-corrected chi connectivity index (χ1v) is 15.9. The fourth-order valence-electron chi connectivity index (χ4n) is 6.19. The van der Waals surface area contributed by atoms with E-state index >= 15 is 0 Å². The molecule has 0 radical (unpaired) electrons. The molecule has 13 nitrogen and oxygen atoms in total. The van der Waals surface area contributed by atoms with Crippen LogP contribution in [-0.2, 0) is 40.3 Å². The van der Waals surface area contributed by atoms with Crippen molar-refractivity contribution in [3.05, 3.63) is 106 Å². The molecule has 4 heterocycles. The molecular weight excluding hydrogens is 608 g/mol. The molecule has 0 saturated heterocycles. The van der Waals surface area contributed by atoms with Gasteiger partial charge in [-0.15, -0.1) is 0 Å². The lowest BCUT2D eigenvalue weighted by molar-refractivity contribution is 0.0977. The minimum atomic E-state index is -0.421. The van der Waals surface area contributed by atoms with E-state index in [4.69, 9.17) is 0 Å². The number of hydrogen-bond acceptors (Lipinski definition) is 5. The minimum absolute atomic E-state index is 0.365. The van der Waals surface area contributed by atoms with Crippen LogP contribution in [0.1, 0.15) is 56.6 Å². The fourth-order valence-corrected chi connectivity index (χ4v) is 6.19. The van der Waals surface area contributed by atoms with E-state index in [2.05, 4.69) is 20.2 Å². The van der Waals surface area contributed by atoms with Gasteiger partial charge in [-0.05, 0) is 64.1 Å². The number of benzene rings is 2. The van der Waals surface area contributed by atoms with E-state index in [9.17, 15) is 14.4 Å². The third-order valence-corrected chi connectivity index (χ3v) is 8.40. The lowest BCUT2D eigenvalue weighted by atomic mass is 10.2. The number of carbonyl (C=O) groups is 3. The van der Waals surface area contributed by atoms with Gasteiger partial charge in [-0.2, -0.15) is 20.2 Å². The number of rotatable bonds is 9. The highest BCUT2D eigenvalue weighted by Gasteiger charge is 2.18. The first-order valence-electron chi connectivity index (χ1n) is 15.9. The first-order chi connectivity index (χ1) is 23.2. The Bertz CT molecular complexity index is 2390. The molecule has 246 valence electrons. The number of carbonyl (C=O) groups excluding carboxylic acids is 3. The lowest BCUT2D eigenvalue weighted by Crippen LogP contribution is -2.27. The summed E-state index contributed by atoms with van der Waals surface area (Å²) in [6, 6.07) is 16.9. The number of aryl methyl sites for hydroxylation is 6. The highest BCUT2D eigenvalue weighted by molar-refractivity contribution is 5.96. The standard InChI is InChI=1S/C35H38N10O3/c1-7-44-29(20-23(3)38-44)32(47)36-34-40(5)26-15-9-10-16-27(26)42(34)18-11-12-19-43-28-17-13-14-25(22-46)31(28)41(6)35(43)37-33(48)30-21-24(4)39-45(30)8-2/h9-17,20-22H,7-8,18-19H2,1-6H3/b12-11+,36-34+,37-35+. The molecule has 0 saturated carbocycles. The Morgan fingerprint density at radius 1 is 0.708 bits per heavy atom. The number of imidazole rings is 2. The maximum Gasteiger partial charge on any atom is 0.298 e. The van der Waals surface area contributed by atoms with Crippen LogP contribution in [0.2, 0.25) is 0 Å². The van der Waals surface area contributed by atoms with E-state index in [1.165, 1.54) is 0 Å². The van der Waals surface area contributed by atoms with E-state index in [1.54, 1.807) is 39.2 Å². The first kappa shape index (κ1) is 32.1. The van der Waals surface area contributed by atoms with Crippen molar-refractivity contribution >= 4 is 40.2 Å². The van der Waals surface area contributed by atoms with Crippen LogP contribution in [0.3, 0.4) is 0 Å². The maximum atomic E-state index is 13.5. The van der Waals surface area contributed by atoms with Gasteiger partial charge in [-0.1, -0.05) is 30.4 Å². The van der Waals surface area contributed by atoms with E-state index < -0.39 is 5.91 Å². The molecule has 0 fully saturated rings. The fraction of sp³-hybridized carbons (Fsp3) is 0.286. The van der Waals surface area contributed by atoms with Crippen molar-refractivity contribution in [3.8, 4) is 0 Å². The summed E-state index contributed by atoms with van der Waals surface area (Å²) in [5.41, 5.74) is 7.03. The summed E-state index contributed by atoms with van der Waals surface area (Å²) >= 11 is 0. The van der Waals surface area contributed by atoms with Crippen LogP contribution in [-0.4, -0.2) is 55.9 Å². The largest absolute Gasteiger partial charge is 0.313 e. The van der Waals surface area contributed by atoms with Gasteiger partial charge in [0.1, 0.15) is 11.4 Å². The molecule has 0 atom stereocenters. The Balaban J connectivity index is 1.40. The second-order valence-electron chi connectivity index (χ2n) is 11.5. The summed E-state index contributed by atoms with van der Waals surface area (Å²) in [6.45, 7) is 9.43. The number of aldehydes is 1. The Kier molecular flexibility index (Phi) is 8.76. The molecule has 0 aliphatic carbocycles. The molecule has 0 aliphatic rings. The summed E-state index contributed by atoms with van der Waals surface area (Å²) in [5, 5.41) is 8.81. The highest BCUT2D eigenvalue weighted by atomic mass is 16.2. The number of fused-ring (bicyclic) bond motifs is 2. The highest BCUT2D eigenvalue weighted by Crippen LogP contribution is 2.17. The monoisotopic (exact) mass is 646 g/mol. The van der Waals surface area contributed by atoms with Crippen LogP contribution >= 0.6 is 0 Å². The van der Waals surface area contributed by atoms with Crippen LogP contribution < -0.4 is 11.2 Å². The van der Waals surface area contributed by atoms with Crippen LogP contribution in [0.5, 0.6) is 0 Å². The smallest absolute Gasteiger partial charge is 0.298 e. The Labute approximate surface area is 276 Å². The number of aromatic nitrogens is 8. The molecule has 4 aromatic heterocycles. The minimum Gasteiger partial charge on any atom is -0.313 e. The van der Waals surface area contributed by atoms with Crippen molar-refractivity contribution in [1.82, 2.24) is 37.8 Å². The van der Waals surface area contributed by atoms with E-state index in [0.717, 1.165) is 34.2 Å². The SMILES string of the molecule is CCn1nc(C)cc1C(=O)/N=c1\n(C)c2ccccc2n1C/C=C/Cn1/c(=N/C(=O)c2cc(C)nn2CC)n(C)c2c(C=O)cccc21. The molecule has 0 bridgehead atoms. The van der Waals surface area contributed by atoms with E-state index in [0.29, 0.717) is 59.9 Å². The van der Waals surface area contributed by atoms with Gasteiger partial charge in [0.05, 0.1) is 33.5 Å². The summed E-state index contributed by atoms with van der Waals surface area (Å²) < 4.78 is 10.9. The zero-order valence-corrected chi connectivity index (χ0v) is 28.0. The van der Waals surface area contributed by atoms with Crippen molar-refractivity contribution in [2.75, 3.05) is 0 Å². The average molecular weight is 647 g/mol. The molecule has 0 unspecified atom stereocenters. The Hall–Kier alpha value is -5.85. The summed E-state index contributed by atoms with van der Waals surface area (Å²) in [5.74, 6) is -0.788. The van der Waals surface area contributed by atoms with Gasteiger partial charge in [0.25, 0.3) is 11.8 Å². The molecule has 6 aromatic rings. The average Bonchev–Trinajstić information content (AvgIpc) is 3.81. The molecule has 0 aliphatic heterocycles. The number of hydrogen-bond donors (Lipinski definition) is 0. The Morgan fingerprint density at radius 3 is 1.75 bits per heavy atom. The predicted octanol–water partition coefficient (Wildman–Crippen LogP) is 3.87. The summed E-state index contributed by atoms with van der Waals surface area (Å²) in [6.07, 6.45) is 4.78. The van der Waals surface area contributed by atoms with Crippen molar-refractivity contribution in [1.29, 1.82) is 0 Å². The van der Waals surface area contributed by atoms with E-state index in [-0.39, 0.29) is 5.91 Å². The van der Waals surface area contributed by atoms with Gasteiger partial charge in [-0.3, -0.25) is 23.7 Å². The van der Waals surface area contributed by atoms with Gasteiger partial charge in [0.2, 0.25) is 11.2 Å². The van der Waals surface area contributed by atoms with Crippen molar-refractivity contribution < 1.29 is 14.4 Å². The van der Waals surface area contributed by atoms with E-state index in [1.807, 2.05) is 97.0 Å². The maximum absolute atomic E-state index is 13.5. The molecule has 48 heavy (non-hydrogen) atoms. The molecule has 2 amide bonds. The Morgan fingerprint density at radius 2 is 1.21 bits per heavy atom. The summed E-state index contributed by atoms with van der Waals surface area (Å²) in [4.78, 5) is 48.0. The topological polar surface area (TPSA) is 131 Å². The van der Waals surface area contributed by atoms with Gasteiger partial charge < -0.3 is 18.3 Å². The van der Waals surface area contributed by atoms with Crippen molar-refractivity contribution in [2.45, 2.75) is 53.9 Å². The molecule has 6 rings (SSSR count). The van der Waals surface area contributed by atoms with Gasteiger partial charge in [0, 0.05) is 45.8 Å². The molecule has 0 N–H and O–H groups in total. The van der Waals surface area contributed by atoms with Crippen LogP contribution in [0.15, 0.2) is 76.7 Å². The van der Waals surface area contributed by atoms with Crippen molar-refractivity contribution in [3.63, 3.8) is 0 Å². The third kappa shape index (κ3) is 5.67. The van der Waals surface area contributed by atoms with Crippen molar-refractivity contribution in [2.24, 2.45) is 24.1 Å². The normalized spacial score (nSPS) is 12.7. The lowest BCUT2D eigenvalue weighted by Gasteiger charge is -2.04. The van der Waals surface area contributed by atoms with Crippen LogP contribution in [0.25, 0.3) is 22.1 Å². The number of nitrogens with zero attached hydrogens (tertiary/aromatic N) is 10. The number of allylic oxidation sites excluding steroid dienone is 2. The van der Waals surface area contributed by atoms with Gasteiger partial charge in [0.15, 0.2) is 6.29 Å². The van der Waals surface area contributed by atoms with Gasteiger partial charge in [-0.25, -0.2) is 0 Å². The molecule has 0 spiro atoms. The molecule has 13 heteroatoms. The molecular formula is C35H38N10O3. The third-order valence-electron chi connectivity index (χ3n) is 8.40. The second kappa shape index (κ2) is 13.1. The van der Waals surface area contributed by atoms with Crippen LogP contribution in [0.4, 0.5) is 0 Å². The predicted molar refractivity (Wildman–Crippen MR) is 181 cm³/mol. The second-order valence-corrected chi connectivity index (χ2v) is 11.5. The zero-order valence-electron chi connectivity index (χ0n) is 28.0. The van der Waals surface area contributed by atoms with Gasteiger partial charge >= 0.3 is 0 Å². The zero-order chi connectivity index (χ0) is 34.1. The summed E-state index contributed by atoms with van der Waals surface area (Å²) in [7, 11) is 3.69. The number of amides is 2. The molecule has 2 aromatic carbocycles. The van der Waals surface area contributed by atoms with Crippen LogP contribution in [0, 0.1) is 13.8 Å².